The highest BCUT2D eigenvalue weighted by Gasteiger charge is 2.22. The topological polar surface area (TPSA) is 18.5 Å². The number of hydrogen-bond acceptors (Lipinski definition) is 2. The molecule has 1 aliphatic carbocycles. The van der Waals surface area contributed by atoms with Crippen molar-refractivity contribution in [3.63, 3.8) is 0 Å². The zero-order valence-corrected chi connectivity index (χ0v) is 17.3. The van der Waals surface area contributed by atoms with E-state index in [1.165, 1.54) is 43.7 Å². The average Bonchev–Trinajstić information content (AvgIpc) is 2.58. The van der Waals surface area contributed by atoms with Crippen molar-refractivity contribution >= 4 is 28.8 Å². The predicted molar refractivity (Wildman–Crippen MR) is 105 cm³/mol. The van der Waals surface area contributed by atoms with Gasteiger partial charge in [0, 0.05) is 6.61 Å². The third kappa shape index (κ3) is 6.20. The number of halogens is 1. The largest absolute Gasteiger partial charge is 0.494 e. The second kappa shape index (κ2) is 10.7. The van der Waals surface area contributed by atoms with Gasteiger partial charge in [0.15, 0.2) is 0 Å². The van der Waals surface area contributed by atoms with Crippen molar-refractivity contribution in [3.05, 3.63) is 29.8 Å². The normalized spacial score (nSPS) is 22.3. The van der Waals surface area contributed by atoms with Gasteiger partial charge in [0.05, 0.1) is 19.7 Å². The van der Waals surface area contributed by atoms with Gasteiger partial charge < -0.3 is 9.47 Å². The number of rotatable bonds is 9. The van der Waals surface area contributed by atoms with Gasteiger partial charge in [0.2, 0.25) is 0 Å². The minimum absolute atomic E-state index is 0.192. The summed E-state index contributed by atoms with van der Waals surface area (Å²) in [6, 6.07) is 10.2. The Bertz CT molecular complexity index is 402. The summed E-state index contributed by atoms with van der Waals surface area (Å²) in [5, 5.41) is 0. The standard InChI is InChI=1S/C18H29IO2Si/c1-2-12-20-17-8-4-15(5-9-17)16-6-10-18(11-7-16)21-13-3-14-22-19/h4-5,8-9,16,18H,2-3,6-7,10-14,22H2,1H3. The Morgan fingerprint density at radius 1 is 1.09 bits per heavy atom. The van der Waals surface area contributed by atoms with Crippen LogP contribution in [0.2, 0.25) is 6.04 Å². The van der Waals surface area contributed by atoms with E-state index in [0.29, 0.717) is 12.0 Å². The van der Waals surface area contributed by atoms with E-state index in [2.05, 4.69) is 53.0 Å². The molecule has 0 radical (unpaired) electrons. The third-order valence-corrected chi connectivity index (χ3v) is 7.44. The molecule has 1 aliphatic rings. The van der Waals surface area contributed by atoms with Crippen LogP contribution in [0, 0.1) is 0 Å². The van der Waals surface area contributed by atoms with Gasteiger partial charge in [-0.1, -0.05) is 25.1 Å². The van der Waals surface area contributed by atoms with Gasteiger partial charge in [-0.2, -0.15) is 0 Å². The molecule has 0 aliphatic heterocycles. The summed E-state index contributed by atoms with van der Waals surface area (Å²) in [4.78, 5) is 0. The Labute approximate surface area is 150 Å². The molecule has 1 fully saturated rings. The SMILES string of the molecule is CCCOc1ccc(C2CCC(OCCC[SiH2]I)CC2)cc1. The second-order valence-electron chi connectivity index (χ2n) is 6.16. The van der Waals surface area contributed by atoms with Gasteiger partial charge in [-0.15, -0.1) is 21.8 Å². The molecule has 0 bridgehead atoms. The first kappa shape index (κ1) is 18.3. The van der Waals surface area contributed by atoms with Gasteiger partial charge in [-0.25, -0.2) is 0 Å². The Morgan fingerprint density at radius 2 is 1.82 bits per heavy atom. The van der Waals surface area contributed by atoms with Gasteiger partial charge in [0.25, 0.3) is 0 Å². The van der Waals surface area contributed by atoms with Crippen LogP contribution in [0.25, 0.3) is 0 Å². The maximum atomic E-state index is 6.03. The summed E-state index contributed by atoms with van der Waals surface area (Å²) in [7, 11) is 0.192. The van der Waals surface area contributed by atoms with E-state index in [9.17, 15) is 0 Å². The first-order chi connectivity index (χ1) is 10.8. The summed E-state index contributed by atoms with van der Waals surface area (Å²) in [6.07, 6.45) is 7.82. The highest BCUT2D eigenvalue weighted by Crippen LogP contribution is 2.34. The van der Waals surface area contributed by atoms with E-state index in [0.717, 1.165) is 25.4 Å². The first-order valence-corrected chi connectivity index (χ1v) is 14.8. The number of ether oxygens (including phenoxy) is 2. The number of hydrogen-bond donors (Lipinski definition) is 0. The fraction of sp³-hybridized carbons (Fsp3) is 0.667. The lowest BCUT2D eigenvalue weighted by molar-refractivity contribution is 0.0252. The average molecular weight is 432 g/mol. The summed E-state index contributed by atoms with van der Waals surface area (Å²) in [6.45, 7) is 3.93. The summed E-state index contributed by atoms with van der Waals surface area (Å²) in [5.74, 6) is 1.71. The zero-order valence-electron chi connectivity index (χ0n) is 13.7. The first-order valence-electron chi connectivity index (χ1n) is 8.73. The molecule has 0 spiro atoms. The maximum Gasteiger partial charge on any atom is 0.119 e. The van der Waals surface area contributed by atoms with Crippen molar-refractivity contribution in [2.45, 2.75) is 63.5 Å². The van der Waals surface area contributed by atoms with E-state index < -0.39 is 0 Å². The molecule has 0 amide bonds. The van der Waals surface area contributed by atoms with E-state index in [1.807, 2.05) is 0 Å². The minimum atomic E-state index is 0.192. The molecule has 22 heavy (non-hydrogen) atoms. The van der Waals surface area contributed by atoms with Gasteiger partial charge in [-0.3, -0.25) is 0 Å². The van der Waals surface area contributed by atoms with Crippen molar-refractivity contribution in [3.8, 4) is 5.75 Å². The van der Waals surface area contributed by atoms with E-state index in [4.69, 9.17) is 9.47 Å². The van der Waals surface area contributed by atoms with Crippen LogP contribution < -0.4 is 4.74 Å². The van der Waals surface area contributed by atoms with Crippen molar-refractivity contribution in [1.29, 1.82) is 0 Å². The molecule has 0 aromatic heterocycles. The molecule has 2 nitrogen and oxygen atoms in total. The molecule has 0 saturated heterocycles. The van der Waals surface area contributed by atoms with Crippen LogP contribution in [0.5, 0.6) is 5.75 Å². The highest BCUT2D eigenvalue weighted by atomic mass is 127. The third-order valence-electron chi connectivity index (χ3n) is 4.38. The van der Waals surface area contributed by atoms with E-state index in [1.54, 1.807) is 0 Å². The lowest BCUT2D eigenvalue weighted by Crippen LogP contribution is -2.21. The Balaban J connectivity index is 1.72. The molecule has 4 heteroatoms. The lowest BCUT2D eigenvalue weighted by Gasteiger charge is -2.29. The monoisotopic (exact) mass is 432 g/mol. The zero-order chi connectivity index (χ0) is 15.6. The second-order valence-corrected chi connectivity index (χ2v) is 10.5. The van der Waals surface area contributed by atoms with Crippen molar-refractivity contribution in [2.75, 3.05) is 13.2 Å². The predicted octanol–water partition coefficient (Wildman–Crippen LogP) is 4.85. The number of benzene rings is 1. The van der Waals surface area contributed by atoms with Gasteiger partial charge in [0.1, 0.15) is 5.75 Å². The summed E-state index contributed by atoms with van der Waals surface area (Å²) >= 11 is 2.57. The molecule has 1 aromatic carbocycles. The highest BCUT2D eigenvalue weighted by molar-refractivity contribution is 14.1. The fourth-order valence-corrected chi connectivity index (χ4v) is 5.08. The van der Waals surface area contributed by atoms with Crippen LogP contribution in [0.4, 0.5) is 0 Å². The molecule has 1 aromatic rings. The Kier molecular flexibility index (Phi) is 8.85. The van der Waals surface area contributed by atoms with Crippen molar-refractivity contribution in [2.24, 2.45) is 0 Å². The van der Waals surface area contributed by atoms with Crippen molar-refractivity contribution in [1.82, 2.24) is 0 Å². The van der Waals surface area contributed by atoms with E-state index >= 15 is 0 Å². The van der Waals surface area contributed by atoms with Gasteiger partial charge in [-0.05, 0) is 62.1 Å². The van der Waals surface area contributed by atoms with Crippen LogP contribution in [0.3, 0.4) is 0 Å². The smallest absolute Gasteiger partial charge is 0.119 e. The molecular formula is C18H29IO2Si. The van der Waals surface area contributed by atoms with Crippen LogP contribution in [0.1, 0.15) is 56.9 Å². The molecule has 0 N–H and O–H groups in total. The minimum Gasteiger partial charge on any atom is -0.494 e. The van der Waals surface area contributed by atoms with Crippen LogP contribution in [0.15, 0.2) is 24.3 Å². The molecule has 0 unspecified atom stereocenters. The van der Waals surface area contributed by atoms with Gasteiger partial charge >= 0.3 is 0 Å². The van der Waals surface area contributed by atoms with Crippen LogP contribution in [-0.2, 0) is 4.74 Å². The molecular weight excluding hydrogens is 403 g/mol. The van der Waals surface area contributed by atoms with Crippen LogP contribution >= 0.6 is 21.8 Å². The van der Waals surface area contributed by atoms with Crippen LogP contribution in [-0.4, -0.2) is 26.3 Å². The van der Waals surface area contributed by atoms with Crippen molar-refractivity contribution < 1.29 is 9.47 Å². The molecule has 124 valence electrons. The molecule has 0 atom stereocenters. The Hall–Kier alpha value is -0.0731. The quantitative estimate of drug-likeness (QED) is 0.241. The molecule has 2 rings (SSSR count). The summed E-state index contributed by atoms with van der Waals surface area (Å²) < 4.78 is 11.7. The molecule has 0 heterocycles. The lowest BCUT2D eigenvalue weighted by atomic mass is 9.83. The summed E-state index contributed by atoms with van der Waals surface area (Å²) in [5.41, 5.74) is 1.47. The Morgan fingerprint density at radius 3 is 2.45 bits per heavy atom. The molecule has 1 saturated carbocycles. The van der Waals surface area contributed by atoms with E-state index in [-0.39, 0.29) is 7.02 Å². The maximum absolute atomic E-state index is 6.03. The fourth-order valence-electron chi connectivity index (χ4n) is 3.07.